The van der Waals surface area contributed by atoms with Crippen molar-refractivity contribution in [2.75, 3.05) is 20.8 Å². The van der Waals surface area contributed by atoms with Crippen LogP contribution in [0.15, 0.2) is 17.5 Å². The quantitative estimate of drug-likeness (QED) is 0.796. The van der Waals surface area contributed by atoms with E-state index in [2.05, 4.69) is 22.8 Å². The van der Waals surface area contributed by atoms with Gasteiger partial charge in [0.1, 0.15) is 0 Å². The van der Waals surface area contributed by atoms with Gasteiger partial charge in [-0.05, 0) is 37.4 Å². The summed E-state index contributed by atoms with van der Waals surface area (Å²) >= 11 is 3.72. The zero-order valence-corrected chi connectivity index (χ0v) is 11.3. The average molecular weight is 255 g/mol. The van der Waals surface area contributed by atoms with E-state index in [1.54, 1.807) is 7.11 Å². The Kier molecular flexibility index (Phi) is 4.35. The monoisotopic (exact) mass is 255 g/mol. The maximum absolute atomic E-state index is 5.09. The molecule has 0 spiro atoms. The summed E-state index contributed by atoms with van der Waals surface area (Å²) in [5.74, 6) is 0. The second-order valence-electron chi connectivity index (χ2n) is 3.77. The van der Waals surface area contributed by atoms with Gasteiger partial charge in [-0.25, -0.2) is 0 Å². The van der Waals surface area contributed by atoms with Crippen molar-refractivity contribution in [2.24, 2.45) is 0 Å². The molecule has 88 valence electrons. The summed E-state index contributed by atoms with van der Waals surface area (Å²) in [5.41, 5.74) is 0. The van der Waals surface area contributed by atoms with Crippen LogP contribution in [0.25, 0.3) is 9.40 Å². The van der Waals surface area contributed by atoms with Gasteiger partial charge >= 0.3 is 0 Å². The molecule has 0 aromatic carbocycles. The molecule has 0 aliphatic carbocycles. The summed E-state index contributed by atoms with van der Waals surface area (Å²) in [7, 11) is 3.79. The molecule has 2 heterocycles. The molecule has 2 aromatic rings. The van der Waals surface area contributed by atoms with Crippen molar-refractivity contribution in [3.8, 4) is 0 Å². The van der Waals surface area contributed by atoms with Gasteiger partial charge in [-0.2, -0.15) is 0 Å². The standard InChI is InChI=1S/C12H17NOS2/c1-13-9(4-3-6-14-2)11-8-12-10(16-11)5-7-15-12/h5,7-9,13H,3-4,6H2,1-2H3. The van der Waals surface area contributed by atoms with E-state index in [0.29, 0.717) is 6.04 Å². The lowest BCUT2D eigenvalue weighted by Crippen LogP contribution is -2.15. The molecule has 0 aliphatic rings. The minimum absolute atomic E-state index is 0.472. The van der Waals surface area contributed by atoms with Gasteiger partial charge in [-0.15, -0.1) is 22.7 Å². The highest BCUT2D eigenvalue weighted by Crippen LogP contribution is 2.34. The first kappa shape index (κ1) is 12.0. The van der Waals surface area contributed by atoms with Gasteiger partial charge in [-0.3, -0.25) is 0 Å². The van der Waals surface area contributed by atoms with E-state index >= 15 is 0 Å². The van der Waals surface area contributed by atoms with Crippen LogP contribution in [0.4, 0.5) is 0 Å². The number of rotatable bonds is 6. The molecule has 4 heteroatoms. The molecule has 0 saturated heterocycles. The minimum Gasteiger partial charge on any atom is -0.385 e. The number of thiophene rings is 2. The maximum atomic E-state index is 5.09. The van der Waals surface area contributed by atoms with E-state index in [0.717, 1.165) is 19.4 Å². The summed E-state index contributed by atoms with van der Waals surface area (Å²) in [6, 6.07) is 4.99. The average Bonchev–Trinajstić information content (AvgIpc) is 2.84. The summed E-state index contributed by atoms with van der Waals surface area (Å²) < 4.78 is 7.91. The van der Waals surface area contributed by atoms with Crippen molar-refractivity contribution in [1.29, 1.82) is 0 Å². The Morgan fingerprint density at radius 1 is 1.44 bits per heavy atom. The molecule has 0 aliphatic heterocycles. The first-order valence-corrected chi connectivity index (χ1v) is 7.18. The van der Waals surface area contributed by atoms with Crippen LogP contribution in [-0.4, -0.2) is 20.8 Å². The Morgan fingerprint density at radius 2 is 2.31 bits per heavy atom. The van der Waals surface area contributed by atoms with E-state index in [1.807, 2.05) is 29.7 Å². The third-order valence-corrected chi connectivity index (χ3v) is 4.90. The van der Waals surface area contributed by atoms with Crippen LogP contribution < -0.4 is 5.32 Å². The van der Waals surface area contributed by atoms with E-state index in [9.17, 15) is 0 Å². The lowest BCUT2D eigenvalue weighted by atomic mass is 10.1. The fourth-order valence-corrected chi connectivity index (χ4v) is 4.08. The summed E-state index contributed by atoms with van der Waals surface area (Å²) in [6.07, 6.45) is 2.24. The Hall–Kier alpha value is -0.420. The molecule has 0 saturated carbocycles. The van der Waals surface area contributed by atoms with Crippen LogP contribution in [0.2, 0.25) is 0 Å². The molecule has 1 N–H and O–H groups in total. The molecule has 2 rings (SSSR count). The highest BCUT2D eigenvalue weighted by molar-refractivity contribution is 7.26. The van der Waals surface area contributed by atoms with Crippen molar-refractivity contribution in [1.82, 2.24) is 5.32 Å². The van der Waals surface area contributed by atoms with Gasteiger partial charge in [0.25, 0.3) is 0 Å². The molecule has 0 amide bonds. The normalized spacial score (nSPS) is 13.4. The lowest BCUT2D eigenvalue weighted by Gasteiger charge is -2.13. The minimum atomic E-state index is 0.472. The highest BCUT2D eigenvalue weighted by Gasteiger charge is 2.12. The van der Waals surface area contributed by atoms with Crippen LogP contribution in [0.5, 0.6) is 0 Å². The Balaban J connectivity index is 2.05. The van der Waals surface area contributed by atoms with E-state index in [1.165, 1.54) is 14.3 Å². The van der Waals surface area contributed by atoms with Gasteiger partial charge in [0.15, 0.2) is 0 Å². The topological polar surface area (TPSA) is 21.3 Å². The third-order valence-electron chi connectivity index (χ3n) is 2.69. The fraction of sp³-hybridized carbons (Fsp3) is 0.500. The Labute approximate surface area is 104 Å². The van der Waals surface area contributed by atoms with E-state index in [-0.39, 0.29) is 0 Å². The summed E-state index contributed by atoms with van der Waals surface area (Å²) in [5, 5.41) is 5.54. The summed E-state index contributed by atoms with van der Waals surface area (Å²) in [6.45, 7) is 0.845. The first-order chi connectivity index (χ1) is 7.85. The largest absolute Gasteiger partial charge is 0.385 e. The highest BCUT2D eigenvalue weighted by atomic mass is 32.1. The second-order valence-corrected chi connectivity index (χ2v) is 5.84. The lowest BCUT2D eigenvalue weighted by molar-refractivity contribution is 0.189. The van der Waals surface area contributed by atoms with Gasteiger partial charge in [-0.1, -0.05) is 0 Å². The maximum Gasteiger partial charge on any atom is 0.0462 e. The van der Waals surface area contributed by atoms with Gasteiger partial charge in [0, 0.05) is 34.0 Å². The van der Waals surface area contributed by atoms with Crippen molar-refractivity contribution in [2.45, 2.75) is 18.9 Å². The number of nitrogens with one attached hydrogen (secondary N) is 1. The molecule has 0 bridgehead atoms. The Bertz CT molecular complexity index is 406. The number of hydrogen-bond donors (Lipinski definition) is 1. The Morgan fingerprint density at radius 3 is 3.00 bits per heavy atom. The predicted octanol–water partition coefficient (Wildman–Crippen LogP) is 3.65. The zero-order valence-electron chi connectivity index (χ0n) is 9.66. The van der Waals surface area contributed by atoms with Crippen LogP contribution >= 0.6 is 22.7 Å². The molecule has 16 heavy (non-hydrogen) atoms. The molecule has 1 unspecified atom stereocenters. The van der Waals surface area contributed by atoms with Crippen LogP contribution in [-0.2, 0) is 4.74 Å². The van der Waals surface area contributed by atoms with E-state index in [4.69, 9.17) is 4.74 Å². The van der Waals surface area contributed by atoms with Crippen molar-refractivity contribution >= 4 is 32.1 Å². The molecule has 1 atom stereocenters. The van der Waals surface area contributed by atoms with Gasteiger partial charge < -0.3 is 10.1 Å². The van der Waals surface area contributed by atoms with E-state index < -0.39 is 0 Å². The SMILES string of the molecule is CNC(CCCOC)c1cc2sccc2s1. The first-order valence-electron chi connectivity index (χ1n) is 5.48. The van der Waals surface area contributed by atoms with Gasteiger partial charge in [0.05, 0.1) is 0 Å². The predicted molar refractivity (Wildman–Crippen MR) is 72.6 cm³/mol. The molecule has 0 fully saturated rings. The molecule has 0 radical (unpaired) electrons. The number of fused-ring (bicyclic) bond motifs is 1. The molecule has 2 nitrogen and oxygen atoms in total. The van der Waals surface area contributed by atoms with Crippen LogP contribution in [0.3, 0.4) is 0 Å². The molecular formula is C12H17NOS2. The second kappa shape index (κ2) is 5.77. The van der Waals surface area contributed by atoms with Crippen LogP contribution in [0, 0.1) is 0 Å². The molecule has 2 aromatic heterocycles. The fourth-order valence-electron chi connectivity index (χ4n) is 1.82. The summed E-state index contributed by atoms with van der Waals surface area (Å²) in [4.78, 5) is 1.44. The van der Waals surface area contributed by atoms with Crippen LogP contribution in [0.1, 0.15) is 23.8 Å². The van der Waals surface area contributed by atoms with Crippen molar-refractivity contribution in [3.63, 3.8) is 0 Å². The third kappa shape index (κ3) is 2.63. The zero-order chi connectivity index (χ0) is 11.4. The number of methoxy groups -OCH3 is 1. The van der Waals surface area contributed by atoms with Crippen molar-refractivity contribution < 1.29 is 4.74 Å². The molecular weight excluding hydrogens is 238 g/mol. The number of ether oxygens (including phenoxy) is 1. The van der Waals surface area contributed by atoms with Gasteiger partial charge in [0.2, 0.25) is 0 Å². The number of hydrogen-bond acceptors (Lipinski definition) is 4. The smallest absolute Gasteiger partial charge is 0.0462 e. The van der Waals surface area contributed by atoms with Crippen molar-refractivity contribution in [3.05, 3.63) is 22.4 Å².